The average Bonchev–Trinajstić information content (AvgIpc) is 3.23. The maximum atomic E-state index is 12.2. The van der Waals surface area contributed by atoms with Gasteiger partial charge in [-0.15, -0.1) is 0 Å². The minimum atomic E-state index is -0.508. The van der Waals surface area contributed by atoms with Crippen molar-refractivity contribution in [1.82, 2.24) is 15.1 Å². The van der Waals surface area contributed by atoms with Gasteiger partial charge in [-0.25, -0.2) is 0 Å². The molecule has 1 amide bonds. The molecule has 0 bridgehead atoms. The number of nitrogens with one attached hydrogen (secondary N) is 1. The molecule has 2 fully saturated rings. The summed E-state index contributed by atoms with van der Waals surface area (Å²) in [5.74, 6) is 0.265. The highest BCUT2D eigenvalue weighted by molar-refractivity contribution is 5.86. The van der Waals surface area contributed by atoms with Crippen molar-refractivity contribution < 1.29 is 4.79 Å². The van der Waals surface area contributed by atoms with Gasteiger partial charge in [0.15, 0.2) is 0 Å². The number of hydrogen-bond acceptors (Lipinski definition) is 4. The van der Waals surface area contributed by atoms with Crippen LogP contribution in [0.4, 0.5) is 0 Å². The predicted octanol–water partition coefficient (Wildman–Crippen LogP) is 0.256. The molecule has 2 rings (SSSR count). The highest BCUT2D eigenvalue weighted by atomic mass is 16.1. The Hall–Kier alpha value is -0.650. The normalized spacial score (nSPS) is 28.2. The van der Waals surface area contributed by atoms with Crippen LogP contribution in [0, 0.1) is 5.92 Å². The Morgan fingerprint density at radius 1 is 1.40 bits per heavy atom. The zero-order chi connectivity index (χ0) is 14.8. The molecule has 1 aliphatic carbocycles. The van der Waals surface area contributed by atoms with Crippen molar-refractivity contribution in [3.8, 4) is 0 Å². The Morgan fingerprint density at radius 3 is 2.60 bits per heavy atom. The van der Waals surface area contributed by atoms with Crippen molar-refractivity contribution in [2.45, 2.75) is 44.7 Å². The van der Waals surface area contributed by atoms with Gasteiger partial charge >= 0.3 is 0 Å². The molecule has 2 aliphatic rings. The second kappa shape index (κ2) is 6.41. The molecule has 5 nitrogen and oxygen atoms in total. The molecule has 2 unspecified atom stereocenters. The lowest BCUT2D eigenvalue weighted by Gasteiger charge is -2.43. The molecular formula is C15H30N4O. The van der Waals surface area contributed by atoms with E-state index in [2.05, 4.69) is 36.0 Å². The fourth-order valence-electron chi connectivity index (χ4n) is 3.24. The van der Waals surface area contributed by atoms with Gasteiger partial charge in [0.2, 0.25) is 5.91 Å². The minimum Gasteiger partial charge on any atom is -0.368 e. The van der Waals surface area contributed by atoms with Crippen LogP contribution in [0.3, 0.4) is 0 Å². The second-order valence-electron chi connectivity index (χ2n) is 6.60. The molecule has 0 radical (unpaired) electrons. The van der Waals surface area contributed by atoms with Crippen LogP contribution in [0.1, 0.15) is 33.1 Å². The first-order valence-electron chi connectivity index (χ1n) is 7.97. The van der Waals surface area contributed by atoms with E-state index in [0.717, 1.165) is 52.0 Å². The van der Waals surface area contributed by atoms with Crippen molar-refractivity contribution in [1.29, 1.82) is 0 Å². The maximum absolute atomic E-state index is 12.2. The van der Waals surface area contributed by atoms with E-state index in [1.807, 2.05) is 0 Å². The van der Waals surface area contributed by atoms with Crippen LogP contribution in [0.25, 0.3) is 0 Å². The number of nitrogens with two attached hydrogens (primary N) is 1. The van der Waals surface area contributed by atoms with Gasteiger partial charge < -0.3 is 16.0 Å². The van der Waals surface area contributed by atoms with E-state index < -0.39 is 5.54 Å². The van der Waals surface area contributed by atoms with Crippen molar-refractivity contribution in [3.63, 3.8) is 0 Å². The summed E-state index contributed by atoms with van der Waals surface area (Å²) < 4.78 is 0. The predicted molar refractivity (Wildman–Crippen MR) is 81.5 cm³/mol. The van der Waals surface area contributed by atoms with Gasteiger partial charge in [-0.1, -0.05) is 6.92 Å². The van der Waals surface area contributed by atoms with Gasteiger partial charge in [0.05, 0.1) is 0 Å². The van der Waals surface area contributed by atoms with Crippen molar-refractivity contribution >= 4 is 5.91 Å². The number of likely N-dealkylation sites (N-methyl/N-ethyl adjacent to an activating group) is 1. The van der Waals surface area contributed by atoms with Gasteiger partial charge in [0, 0.05) is 32.2 Å². The van der Waals surface area contributed by atoms with E-state index in [-0.39, 0.29) is 5.91 Å². The minimum absolute atomic E-state index is 0.167. The zero-order valence-electron chi connectivity index (χ0n) is 13.2. The van der Waals surface area contributed by atoms with Crippen molar-refractivity contribution in [2.75, 3.05) is 39.8 Å². The van der Waals surface area contributed by atoms with Gasteiger partial charge in [-0.2, -0.15) is 0 Å². The molecule has 0 aromatic carbocycles. The summed E-state index contributed by atoms with van der Waals surface area (Å²) in [5.41, 5.74) is 5.29. The lowest BCUT2D eigenvalue weighted by Crippen LogP contribution is -2.65. The number of amides is 1. The van der Waals surface area contributed by atoms with Crippen LogP contribution in [0.5, 0.6) is 0 Å². The molecule has 3 N–H and O–H groups in total. The van der Waals surface area contributed by atoms with Crippen LogP contribution in [0.15, 0.2) is 0 Å². The molecule has 116 valence electrons. The summed E-state index contributed by atoms with van der Waals surface area (Å²) in [4.78, 5) is 16.9. The first-order valence-corrected chi connectivity index (χ1v) is 7.97. The van der Waals surface area contributed by atoms with Gasteiger partial charge in [-0.05, 0) is 45.7 Å². The van der Waals surface area contributed by atoms with Crippen LogP contribution < -0.4 is 11.1 Å². The lowest BCUT2D eigenvalue weighted by molar-refractivity contribution is -0.126. The highest BCUT2D eigenvalue weighted by Gasteiger charge is 2.50. The van der Waals surface area contributed by atoms with Crippen molar-refractivity contribution in [2.24, 2.45) is 11.7 Å². The van der Waals surface area contributed by atoms with E-state index in [9.17, 15) is 4.79 Å². The lowest BCUT2D eigenvalue weighted by atomic mass is 9.90. The quantitative estimate of drug-likeness (QED) is 0.703. The number of primary amides is 1. The molecule has 1 saturated heterocycles. The molecule has 0 aromatic heterocycles. The third-order valence-electron chi connectivity index (χ3n) is 4.92. The summed E-state index contributed by atoms with van der Waals surface area (Å²) in [5, 5.41) is 3.49. The monoisotopic (exact) mass is 282 g/mol. The zero-order valence-corrected chi connectivity index (χ0v) is 13.2. The Kier molecular flexibility index (Phi) is 5.04. The number of carbonyl (C=O) groups is 1. The Bertz CT molecular complexity index is 345. The molecule has 2 atom stereocenters. The number of hydrogen-bond donors (Lipinski definition) is 2. The fourth-order valence-corrected chi connectivity index (χ4v) is 3.24. The van der Waals surface area contributed by atoms with Crippen molar-refractivity contribution in [3.05, 3.63) is 0 Å². The molecule has 1 saturated carbocycles. The Balaban J connectivity index is 2.05. The van der Waals surface area contributed by atoms with E-state index in [1.54, 1.807) is 0 Å². The SMILES string of the molecule is CCCNC(CN1CCN(C)C(C)C1)(C(N)=O)C1CC1. The third-order valence-corrected chi connectivity index (χ3v) is 4.92. The first kappa shape index (κ1) is 15.7. The maximum Gasteiger partial charge on any atom is 0.239 e. The van der Waals surface area contributed by atoms with Crippen LogP contribution in [-0.2, 0) is 4.79 Å². The third kappa shape index (κ3) is 3.32. The first-order chi connectivity index (χ1) is 9.49. The molecule has 20 heavy (non-hydrogen) atoms. The van der Waals surface area contributed by atoms with E-state index >= 15 is 0 Å². The Labute approximate surface area is 122 Å². The fraction of sp³-hybridized carbons (Fsp3) is 0.933. The highest BCUT2D eigenvalue weighted by Crippen LogP contribution is 2.40. The van der Waals surface area contributed by atoms with Crippen LogP contribution >= 0.6 is 0 Å². The summed E-state index contributed by atoms with van der Waals surface area (Å²) in [6.45, 7) is 9.11. The standard InChI is InChI=1S/C15H30N4O/c1-4-7-17-15(14(16)20,13-5-6-13)11-19-9-8-18(3)12(2)10-19/h12-13,17H,4-11H2,1-3H3,(H2,16,20). The van der Waals surface area contributed by atoms with E-state index in [4.69, 9.17) is 5.73 Å². The molecule has 0 aromatic rings. The molecular weight excluding hydrogens is 252 g/mol. The molecule has 1 heterocycles. The van der Waals surface area contributed by atoms with Crippen LogP contribution in [0.2, 0.25) is 0 Å². The number of nitrogens with zero attached hydrogens (tertiary/aromatic N) is 2. The van der Waals surface area contributed by atoms with Gasteiger partial charge in [0.25, 0.3) is 0 Å². The molecule has 5 heteroatoms. The van der Waals surface area contributed by atoms with E-state index in [1.165, 1.54) is 0 Å². The smallest absolute Gasteiger partial charge is 0.239 e. The average molecular weight is 282 g/mol. The van der Waals surface area contributed by atoms with Gasteiger partial charge in [0.1, 0.15) is 5.54 Å². The largest absolute Gasteiger partial charge is 0.368 e. The van der Waals surface area contributed by atoms with Gasteiger partial charge in [-0.3, -0.25) is 9.69 Å². The molecule has 1 aliphatic heterocycles. The summed E-state index contributed by atoms with van der Waals surface area (Å²) >= 11 is 0. The number of rotatable bonds is 7. The van der Waals surface area contributed by atoms with Crippen LogP contribution in [-0.4, -0.2) is 67.1 Å². The second-order valence-corrected chi connectivity index (χ2v) is 6.60. The summed E-state index contributed by atoms with van der Waals surface area (Å²) in [7, 11) is 2.17. The molecule has 0 spiro atoms. The number of piperazine rings is 1. The number of carbonyl (C=O) groups excluding carboxylic acids is 1. The summed E-state index contributed by atoms with van der Waals surface area (Å²) in [6, 6.07) is 0.541. The van der Waals surface area contributed by atoms with E-state index in [0.29, 0.717) is 12.0 Å². The Morgan fingerprint density at radius 2 is 2.10 bits per heavy atom. The topological polar surface area (TPSA) is 61.6 Å². The summed E-state index contributed by atoms with van der Waals surface area (Å²) in [6.07, 6.45) is 3.28.